The highest BCUT2D eigenvalue weighted by Gasteiger charge is 2.26. The van der Waals surface area contributed by atoms with Crippen LogP contribution in [-0.4, -0.2) is 29.9 Å². The van der Waals surface area contributed by atoms with Crippen LogP contribution in [0.5, 0.6) is 5.75 Å². The van der Waals surface area contributed by atoms with Crippen molar-refractivity contribution >= 4 is 23.4 Å². The molecule has 1 unspecified atom stereocenters. The van der Waals surface area contributed by atoms with E-state index in [1.807, 2.05) is 24.3 Å². The second-order valence-corrected chi connectivity index (χ2v) is 7.10. The fraction of sp³-hybridized carbons (Fsp3) is 0.350. The lowest BCUT2D eigenvalue weighted by atomic mass is 10.1. The van der Waals surface area contributed by atoms with Crippen molar-refractivity contribution in [3.05, 3.63) is 54.1 Å². The number of benzene rings is 2. The van der Waals surface area contributed by atoms with Gasteiger partial charge < -0.3 is 14.7 Å². The van der Waals surface area contributed by atoms with Crippen molar-refractivity contribution in [1.29, 1.82) is 0 Å². The molecule has 4 nitrogen and oxygen atoms in total. The molecule has 1 atom stereocenters. The second-order valence-electron chi connectivity index (χ2n) is 6.22. The van der Waals surface area contributed by atoms with Crippen LogP contribution in [0.25, 0.3) is 0 Å². The summed E-state index contributed by atoms with van der Waals surface area (Å²) in [5, 5.41) is 9.05. The molecule has 1 aliphatic heterocycles. The van der Waals surface area contributed by atoms with Crippen LogP contribution >= 0.6 is 11.8 Å². The average molecular weight is 357 g/mol. The Morgan fingerprint density at radius 3 is 2.56 bits per heavy atom. The maximum absolute atomic E-state index is 11.0. The highest BCUT2D eigenvalue weighted by molar-refractivity contribution is 7.98. The van der Waals surface area contributed by atoms with E-state index in [0.717, 1.165) is 36.4 Å². The number of hydrogen-bond acceptors (Lipinski definition) is 4. The summed E-state index contributed by atoms with van der Waals surface area (Å²) < 4.78 is 5.86. The summed E-state index contributed by atoms with van der Waals surface area (Å²) in [6.07, 6.45) is 4.25. The third kappa shape index (κ3) is 4.69. The average Bonchev–Trinajstić information content (AvgIpc) is 3.08. The molecular formula is C20H23NO3S. The van der Waals surface area contributed by atoms with Gasteiger partial charge in [-0.1, -0.05) is 12.1 Å². The Morgan fingerprint density at radius 1 is 1.20 bits per heavy atom. The molecule has 1 N–H and O–H groups in total. The minimum atomic E-state index is -0.732. The summed E-state index contributed by atoms with van der Waals surface area (Å²) in [6.45, 7) is 1.46. The van der Waals surface area contributed by atoms with E-state index in [2.05, 4.69) is 35.4 Å². The zero-order valence-electron chi connectivity index (χ0n) is 14.4. The second kappa shape index (κ2) is 8.30. The Kier molecular flexibility index (Phi) is 5.87. The highest BCUT2D eigenvalue weighted by atomic mass is 32.2. The predicted octanol–water partition coefficient (Wildman–Crippen LogP) is 4.43. The number of nitrogens with zero attached hydrogens (tertiary/aromatic N) is 1. The molecule has 0 spiro atoms. The predicted molar refractivity (Wildman–Crippen MR) is 102 cm³/mol. The first-order valence-electron chi connectivity index (χ1n) is 8.50. The van der Waals surface area contributed by atoms with E-state index in [-0.39, 0.29) is 12.5 Å². The van der Waals surface area contributed by atoms with E-state index >= 15 is 0 Å². The molecular weight excluding hydrogens is 334 g/mol. The van der Waals surface area contributed by atoms with Gasteiger partial charge in [0.15, 0.2) is 0 Å². The van der Waals surface area contributed by atoms with Crippen molar-refractivity contribution < 1.29 is 14.6 Å². The molecule has 5 heteroatoms. The summed E-state index contributed by atoms with van der Waals surface area (Å²) in [5.41, 5.74) is 2.21. The highest BCUT2D eigenvalue weighted by Crippen LogP contribution is 2.29. The fourth-order valence-corrected chi connectivity index (χ4v) is 3.62. The quantitative estimate of drug-likeness (QED) is 0.743. The van der Waals surface area contributed by atoms with Gasteiger partial charge in [0, 0.05) is 23.2 Å². The van der Waals surface area contributed by atoms with E-state index in [1.54, 1.807) is 11.8 Å². The molecule has 1 heterocycles. The van der Waals surface area contributed by atoms with Crippen molar-refractivity contribution in [2.75, 3.05) is 17.7 Å². The molecule has 2 aromatic rings. The van der Waals surface area contributed by atoms with Gasteiger partial charge in [0.05, 0.1) is 6.42 Å². The third-order valence-corrected chi connectivity index (χ3v) is 5.26. The molecule has 0 radical (unpaired) electrons. The van der Waals surface area contributed by atoms with Crippen LogP contribution in [0.4, 0.5) is 5.69 Å². The Labute approximate surface area is 152 Å². The van der Waals surface area contributed by atoms with Crippen LogP contribution in [-0.2, 0) is 11.4 Å². The SMILES string of the molecule is CSc1ccc(COc2ccc(N3CCCC3CC(=O)O)cc2)cc1. The Hall–Kier alpha value is -2.14. The monoisotopic (exact) mass is 357 g/mol. The first-order chi connectivity index (χ1) is 12.2. The van der Waals surface area contributed by atoms with E-state index < -0.39 is 5.97 Å². The van der Waals surface area contributed by atoms with Gasteiger partial charge >= 0.3 is 5.97 Å². The van der Waals surface area contributed by atoms with Crippen LogP contribution in [0, 0.1) is 0 Å². The number of aliphatic carboxylic acids is 1. The van der Waals surface area contributed by atoms with Gasteiger partial charge in [-0.3, -0.25) is 4.79 Å². The van der Waals surface area contributed by atoms with E-state index in [9.17, 15) is 4.79 Å². The lowest BCUT2D eigenvalue weighted by Gasteiger charge is -2.25. The maximum Gasteiger partial charge on any atom is 0.305 e. The van der Waals surface area contributed by atoms with Crippen molar-refractivity contribution in [2.45, 2.75) is 36.8 Å². The molecule has 0 aliphatic carbocycles. The zero-order chi connectivity index (χ0) is 17.6. The van der Waals surface area contributed by atoms with E-state index in [1.165, 1.54) is 4.90 Å². The molecule has 132 valence electrons. The van der Waals surface area contributed by atoms with Crippen LogP contribution in [0.3, 0.4) is 0 Å². The molecule has 25 heavy (non-hydrogen) atoms. The molecule has 0 amide bonds. The van der Waals surface area contributed by atoms with Gasteiger partial charge in [0.2, 0.25) is 0 Å². The van der Waals surface area contributed by atoms with Crippen molar-refractivity contribution in [3.8, 4) is 5.75 Å². The smallest absolute Gasteiger partial charge is 0.305 e. The lowest BCUT2D eigenvalue weighted by molar-refractivity contribution is -0.137. The van der Waals surface area contributed by atoms with Gasteiger partial charge in [-0.25, -0.2) is 0 Å². The topological polar surface area (TPSA) is 49.8 Å². The summed E-state index contributed by atoms with van der Waals surface area (Å²) in [5.74, 6) is 0.0935. The fourth-order valence-electron chi connectivity index (χ4n) is 3.21. The first kappa shape index (κ1) is 17.7. The summed E-state index contributed by atoms with van der Waals surface area (Å²) >= 11 is 1.73. The number of ether oxygens (including phenoxy) is 1. The third-order valence-electron chi connectivity index (χ3n) is 4.52. The lowest BCUT2D eigenvalue weighted by Crippen LogP contribution is -2.31. The van der Waals surface area contributed by atoms with Crippen LogP contribution in [0.1, 0.15) is 24.8 Å². The van der Waals surface area contributed by atoms with E-state index in [4.69, 9.17) is 9.84 Å². The van der Waals surface area contributed by atoms with Crippen molar-refractivity contribution in [2.24, 2.45) is 0 Å². The largest absolute Gasteiger partial charge is 0.489 e. The minimum absolute atomic E-state index is 0.0965. The Balaban J connectivity index is 1.59. The number of thioether (sulfide) groups is 1. The number of anilines is 1. The van der Waals surface area contributed by atoms with Crippen LogP contribution in [0.2, 0.25) is 0 Å². The molecule has 3 rings (SSSR count). The molecule has 2 aromatic carbocycles. The molecule has 0 saturated carbocycles. The standard InChI is InChI=1S/C20H23NO3S/c1-25-19-10-4-15(5-11-19)14-24-18-8-6-16(7-9-18)21-12-2-3-17(21)13-20(22)23/h4-11,17H,2-3,12-14H2,1H3,(H,22,23). The molecule has 1 fully saturated rings. The Morgan fingerprint density at radius 2 is 1.92 bits per heavy atom. The molecule has 1 aliphatic rings. The molecule has 1 saturated heterocycles. The molecule has 0 aromatic heterocycles. The number of carboxylic acid groups (broad SMARTS) is 1. The molecule has 0 bridgehead atoms. The Bertz CT molecular complexity index is 700. The van der Waals surface area contributed by atoms with Gasteiger partial charge in [0.1, 0.15) is 12.4 Å². The number of carboxylic acids is 1. The van der Waals surface area contributed by atoms with Crippen molar-refractivity contribution in [1.82, 2.24) is 0 Å². The summed E-state index contributed by atoms with van der Waals surface area (Å²) in [6, 6.07) is 16.4. The number of carbonyl (C=O) groups is 1. The van der Waals surface area contributed by atoms with Gasteiger partial charge in [-0.2, -0.15) is 0 Å². The van der Waals surface area contributed by atoms with Gasteiger partial charge in [0.25, 0.3) is 0 Å². The number of hydrogen-bond donors (Lipinski definition) is 1. The number of rotatable bonds is 7. The van der Waals surface area contributed by atoms with Crippen molar-refractivity contribution in [3.63, 3.8) is 0 Å². The minimum Gasteiger partial charge on any atom is -0.489 e. The van der Waals surface area contributed by atoms with Gasteiger partial charge in [-0.15, -0.1) is 11.8 Å². The van der Waals surface area contributed by atoms with Gasteiger partial charge in [-0.05, 0) is 61.1 Å². The van der Waals surface area contributed by atoms with Crippen LogP contribution < -0.4 is 9.64 Å². The normalized spacial score (nSPS) is 16.8. The van der Waals surface area contributed by atoms with Crippen LogP contribution in [0.15, 0.2) is 53.4 Å². The first-order valence-corrected chi connectivity index (χ1v) is 9.72. The summed E-state index contributed by atoms with van der Waals surface area (Å²) in [7, 11) is 0. The summed E-state index contributed by atoms with van der Waals surface area (Å²) in [4.78, 5) is 14.4. The van der Waals surface area contributed by atoms with E-state index in [0.29, 0.717) is 6.61 Å². The maximum atomic E-state index is 11.0. The zero-order valence-corrected chi connectivity index (χ0v) is 15.2.